The summed E-state index contributed by atoms with van der Waals surface area (Å²) in [6.45, 7) is 0.528. The average Bonchev–Trinajstić information content (AvgIpc) is 2.24. The summed E-state index contributed by atoms with van der Waals surface area (Å²) in [6.07, 6.45) is 7.50. The molecular weight excluding hydrogens is 192 g/mol. The van der Waals surface area contributed by atoms with E-state index >= 15 is 0 Å². The van der Waals surface area contributed by atoms with Crippen LogP contribution in [0.3, 0.4) is 0 Å². The first-order chi connectivity index (χ1) is 7.20. The lowest BCUT2D eigenvalue weighted by atomic mass is 9.78. The molecule has 0 saturated heterocycles. The van der Waals surface area contributed by atoms with E-state index in [-0.39, 0.29) is 11.4 Å². The van der Waals surface area contributed by atoms with Crippen LogP contribution in [0, 0.1) is 0 Å². The van der Waals surface area contributed by atoms with Gasteiger partial charge in [0.2, 0.25) is 0 Å². The molecule has 1 aromatic heterocycles. The minimum Gasteiger partial charge on any atom is -0.350 e. The third-order valence-corrected chi connectivity index (χ3v) is 2.77. The van der Waals surface area contributed by atoms with Crippen LogP contribution >= 0.6 is 0 Å². The topological polar surface area (TPSA) is 80.9 Å². The van der Waals surface area contributed by atoms with Crippen molar-refractivity contribution in [3.63, 3.8) is 0 Å². The summed E-state index contributed by atoms with van der Waals surface area (Å²) in [6, 6.07) is 0. The molecule has 80 valence electrons. The minimum atomic E-state index is -0.189. The number of nitrogens with zero attached hydrogens (tertiary/aromatic N) is 2. The van der Waals surface area contributed by atoms with E-state index in [1.54, 1.807) is 0 Å². The minimum absolute atomic E-state index is 0.160. The molecule has 1 aromatic rings. The zero-order valence-electron chi connectivity index (χ0n) is 8.44. The Morgan fingerprint density at radius 1 is 1.47 bits per heavy atom. The van der Waals surface area contributed by atoms with Crippen molar-refractivity contribution in [3.05, 3.63) is 24.3 Å². The Bertz CT molecular complexity index is 348. The summed E-state index contributed by atoms with van der Waals surface area (Å²) in [4.78, 5) is 19.1. The van der Waals surface area contributed by atoms with E-state index in [1.165, 1.54) is 18.7 Å². The van der Waals surface area contributed by atoms with Gasteiger partial charge in [0.15, 0.2) is 0 Å². The van der Waals surface area contributed by atoms with E-state index < -0.39 is 0 Å². The lowest BCUT2D eigenvalue weighted by molar-refractivity contribution is 0.0929. The molecule has 2 rings (SSSR count). The summed E-state index contributed by atoms with van der Waals surface area (Å²) in [5, 5.41) is 2.80. The summed E-state index contributed by atoms with van der Waals surface area (Å²) in [7, 11) is 0. The van der Waals surface area contributed by atoms with Crippen molar-refractivity contribution in [1.82, 2.24) is 15.3 Å². The normalized spacial score (nSPS) is 17.9. The number of rotatable bonds is 3. The first-order valence-electron chi connectivity index (χ1n) is 5.02. The van der Waals surface area contributed by atoms with Crippen LogP contribution in [0.15, 0.2) is 18.7 Å². The Labute approximate surface area is 88.1 Å². The molecule has 0 bridgehead atoms. The molecule has 1 amide bonds. The van der Waals surface area contributed by atoms with Crippen molar-refractivity contribution in [2.24, 2.45) is 5.73 Å². The SMILES string of the molecule is NC1(CNC(=O)c2cncnc2)CCC1. The van der Waals surface area contributed by atoms with Crippen LogP contribution in [0.25, 0.3) is 0 Å². The molecule has 0 radical (unpaired) electrons. The van der Waals surface area contributed by atoms with Crippen molar-refractivity contribution in [3.8, 4) is 0 Å². The quantitative estimate of drug-likeness (QED) is 0.734. The standard InChI is InChI=1S/C10H14N4O/c11-10(2-1-3-10)6-14-9(15)8-4-12-7-13-5-8/h4-5,7H,1-3,6,11H2,(H,14,15). The Balaban J connectivity index is 1.88. The van der Waals surface area contributed by atoms with Crippen LogP contribution in [0.4, 0.5) is 0 Å². The molecule has 1 saturated carbocycles. The molecule has 1 aliphatic carbocycles. The highest BCUT2D eigenvalue weighted by molar-refractivity contribution is 5.93. The number of nitrogens with one attached hydrogen (secondary N) is 1. The number of aromatic nitrogens is 2. The molecule has 0 spiro atoms. The van der Waals surface area contributed by atoms with Gasteiger partial charge in [-0.2, -0.15) is 0 Å². The predicted octanol–water partition coefficient (Wildman–Crippen LogP) is 0.0878. The molecular formula is C10H14N4O. The summed E-state index contributed by atoms with van der Waals surface area (Å²) < 4.78 is 0. The molecule has 3 N–H and O–H groups in total. The fourth-order valence-electron chi connectivity index (χ4n) is 1.58. The molecule has 5 heteroatoms. The van der Waals surface area contributed by atoms with Crippen molar-refractivity contribution < 1.29 is 4.79 Å². The third kappa shape index (κ3) is 2.30. The molecule has 5 nitrogen and oxygen atoms in total. The molecule has 0 aromatic carbocycles. The highest BCUT2D eigenvalue weighted by atomic mass is 16.1. The smallest absolute Gasteiger partial charge is 0.254 e. The number of nitrogens with two attached hydrogens (primary N) is 1. The summed E-state index contributed by atoms with van der Waals surface area (Å²) in [5.41, 5.74) is 6.27. The molecule has 15 heavy (non-hydrogen) atoms. The second kappa shape index (κ2) is 3.94. The van der Waals surface area contributed by atoms with Gasteiger partial charge >= 0.3 is 0 Å². The van der Waals surface area contributed by atoms with Gasteiger partial charge in [-0.25, -0.2) is 9.97 Å². The molecule has 1 heterocycles. The van der Waals surface area contributed by atoms with Crippen LogP contribution < -0.4 is 11.1 Å². The van der Waals surface area contributed by atoms with E-state index in [2.05, 4.69) is 15.3 Å². The van der Waals surface area contributed by atoms with Gasteiger partial charge in [0.1, 0.15) is 6.33 Å². The van der Waals surface area contributed by atoms with Crippen LogP contribution in [0.2, 0.25) is 0 Å². The lowest BCUT2D eigenvalue weighted by Crippen LogP contribution is -2.54. The van der Waals surface area contributed by atoms with Crippen molar-refractivity contribution in [1.29, 1.82) is 0 Å². The van der Waals surface area contributed by atoms with Crippen LogP contribution in [-0.2, 0) is 0 Å². The lowest BCUT2D eigenvalue weighted by Gasteiger charge is -2.38. The largest absolute Gasteiger partial charge is 0.350 e. The van der Waals surface area contributed by atoms with E-state index in [4.69, 9.17) is 5.73 Å². The number of carbonyl (C=O) groups excluding carboxylic acids is 1. The molecule has 1 fully saturated rings. The van der Waals surface area contributed by atoms with Crippen molar-refractivity contribution in [2.75, 3.05) is 6.54 Å². The van der Waals surface area contributed by atoms with Crippen LogP contribution in [0.5, 0.6) is 0 Å². The van der Waals surface area contributed by atoms with Gasteiger partial charge in [0, 0.05) is 24.5 Å². The van der Waals surface area contributed by atoms with E-state index in [1.807, 2.05) is 0 Å². The van der Waals surface area contributed by atoms with E-state index in [0.29, 0.717) is 12.1 Å². The summed E-state index contributed by atoms with van der Waals surface area (Å²) in [5.74, 6) is -0.160. The summed E-state index contributed by atoms with van der Waals surface area (Å²) >= 11 is 0. The zero-order valence-corrected chi connectivity index (χ0v) is 8.44. The second-order valence-electron chi connectivity index (χ2n) is 4.03. The maximum Gasteiger partial charge on any atom is 0.254 e. The zero-order chi connectivity index (χ0) is 10.7. The predicted molar refractivity (Wildman–Crippen MR) is 55.1 cm³/mol. The first-order valence-corrected chi connectivity index (χ1v) is 5.02. The molecule has 0 aliphatic heterocycles. The van der Waals surface area contributed by atoms with E-state index in [0.717, 1.165) is 19.3 Å². The average molecular weight is 206 g/mol. The Kier molecular flexibility index (Phi) is 2.64. The first kappa shape index (κ1) is 10.0. The third-order valence-electron chi connectivity index (χ3n) is 2.77. The Hall–Kier alpha value is -1.49. The maximum absolute atomic E-state index is 11.6. The number of hydrogen-bond donors (Lipinski definition) is 2. The highest BCUT2D eigenvalue weighted by Crippen LogP contribution is 2.28. The Morgan fingerprint density at radius 3 is 2.67 bits per heavy atom. The van der Waals surface area contributed by atoms with E-state index in [9.17, 15) is 4.79 Å². The molecule has 1 aliphatic rings. The van der Waals surface area contributed by atoms with Gasteiger partial charge in [-0.3, -0.25) is 4.79 Å². The fourth-order valence-corrected chi connectivity index (χ4v) is 1.58. The van der Waals surface area contributed by atoms with Gasteiger partial charge < -0.3 is 11.1 Å². The van der Waals surface area contributed by atoms with Crippen molar-refractivity contribution in [2.45, 2.75) is 24.8 Å². The van der Waals surface area contributed by atoms with Gasteiger partial charge in [-0.1, -0.05) is 0 Å². The number of amides is 1. The number of hydrogen-bond acceptors (Lipinski definition) is 4. The molecule has 0 unspecified atom stereocenters. The maximum atomic E-state index is 11.6. The van der Waals surface area contributed by atoms with Crippen LogP contribution in [-0.4, -0.2) is 28.0 Å². The highest BCUT2D eigenvalue weighted by Gasteiger charge is 2.32. The van der Waals surface area contributed by atoms with Gasteiger partial charge in [0.25, 0.3) is 5.91 Å². The van der Waals surface area contributed by atoms with Crippen molar-refractivity contribution >= 4 is 5.91 Å². The van der Waals surface area contributed by atoms with Gasteiger partial charge in [-0.15, -0.1) is 0 Å². The fraction of sp³-hybridized carbons (Fsp3) is 0.500. The van der Waals surface area contributed by atoms with Crippen LogP contribution in [0.1, 0.15) is 29.6 Å². The van der Waals surface area contributed by atoms with Gasteiger partial charge in [-0.05, 0) is 19.3 Å². The monoisotopic (exact) mass is 206 g/mol. The van der Waals surface area contributed by atoms with Gasteiger partial charge in [0.05, 0.1) is 5.56 Å². The Morgan fingerprint density at radius 2 is 2.13 bits per heavy atom. The molecule has 0 atom stereocenters. The second-order valence-corrected chi connectivity index (χ2v) is 4.03. The number of carbonyl (C=O) groups is 1.